The lowest BCUT2D eigenvalue weighted by Crippen LogP contribution is -2.40. The standard InChI is InChI=1S/C31H61N/c1-4-6-7-8-9-10-11-12-15-18-22-29-23-19-16-13-14-17-21-28-25-27-31(29,3)26-20-24-30(28)32-5-2/h28-30,32H,4-27H2,1-3H3. The van der Waals surface area contributed by atoms with Crippen molar-refractivity contribution in [1.82, 2.24) is 5.32 Å². The van der Waals surface area contributed by atoms with Gasteiger partial charge in [-0.1, -0.05) is 124 Å². The molecular formula is C31H61N. The first kappa shape index (κ1) is 28.2. The fourth-order valence-corrected chi connectivity index (χ4v) is 7.13. The van der Waals surface area contributed by atoms with Crippen LogP contribution in [0.2, 0.25) is 0 Å². The second kappa shape index (κ2) is 17.4. The zero-order valence-corrected chi connectivity index (χ0v) is 22.7. The molecule has 2 saturated carbocycles. The van der Waals surface area contributed by atoms with Crippen molar-refractivity contribution in [2.75, 3.05) is 6.54 Å². The Bertz CT molecular complexity index is 432. The van der Waals surface area contributed by atoms with Gasteiger partial charge >= 0.3 is 0 Å². The Morgan fingerprint density at radius 1 is 0.625 bits per heavy atom. The Morgan fingerprint density at radius 2 is 1.25 bits per heavy atom. The summed E-state index contributed by atoms with van der Waals surface area (Å²) in [5, 5.41) is 3.89. The van der Waals surface area contributed by atoms with Gasteiger partial charge < -0.3 is 5.32 Å². The topological polar surface area (TPSA) is 12.0 Å². The van der Waals surface area contributed by atoms with Crippen molar-refractivity contribution in [2.24, 2.45) is 17.3 Å². The molecule has 0 aromatic rings. The van der Waals surface area contributed by atoms with Crippen LogP contribution in [0.3, 0.4) is 0 Å². The number of hydrogen-bond acceptors (Lipinski definition) is 1. The minimum absolute atomic E-state index is 0.619. The van der Waals surface area contributed by atoms with Gasteiger partial charge in [0.2, 0.25) is 0 Å². The van der Waals surface area contributed by atoms with Crippen molar-refractivity contribution >= 4 is 0 Å². The third-order valence-corrected chi connectivity index (χ3v) is 9.40. The molecule has 0 heterocycles. The monoisotopic (exact) mass is 447 g/mol. The molecule has 4 atom stereocenters. The third-order valence-electron chi connectivity index (χ3n) is 9.40. The van der Waals surface area contributed by atoms with E-state index < -0.39 is 0 Å². The zero-order chi connectivity index (χ0) is 22.9. The van der Waals surface area contributed by atoms with Gasteiger partial charge in [0, 0.05) is 6.04 Å². The molecule has 0 aromatic heterocycles. The quantitative estimate of drug-likeness (QED) is 0.277. The summed E-state index contributed by atoms with van der Waals surface area (Å²) >= 11 is 0. The predicted molar refractivity (Wildman–Crippen MR) is 144 cm³/mol. The van der Waals surface area contributed by atoms with Gasteiger partial charge in [0.15, 0.2) is 0 Å². The Labute approximate surface area is 203 Å². The molecule has 0 amide bonds. The highest BCUT2D eigenvalue weighted by atomic mass is 14.9. The van der Waals surface area contributed by atoms with E-state index in [0.717, 1.165) is 24.4 Å². The summed E-state index contributed by atoms with van der Waals surface area (Å²) in [5.41, 5.74) is 0.619. The molecule has 2 fully saturated rings. The Hall–Kier alpha value is -0.0400. The molecule has 1 heteroatoms. The normalized spacial score (nSPS) is 30.3. The van der Waals surface area contributed by atoms with Crippen LogP contribution in [0.1, 0.15) is 168 Å². The van der Waals surface area contributed by atoms with Gasteiger partial charge in [-0.05, 0) is 68.7 Å². The lowest BCUT2D eigenvalue weighted by atomic mass is 9.63. The van der Waals surface area contributed by atoms with Gasteiger partial charge in [-0.2, -0.15) is 0 Å². The van der Waals surface area contributed by atoms with E-state index in [-0.39, 0.29) is 0 Å². The molecule has 2 aliphatic carbocycles. The van der Waals surface area contributed by atoms with E-state index in [1.54, 1.807) is 0 Å². The van der Waals surface area contributed by atoms with Crippen molar-refractivity contribution in [1.29, 1.82) is 0 Å². The van der Waals surface area contributed by atoms with Crippen molar-refractivity contribution in [3.63, 3.8) is 0 Å². The second-order valence-corrected chi connectivity index (χ2v) is 12.0. The lowest BCUT2D eigenvalue weighted by molar-refractivity contribution is 0.0888. The van der Waals surface area contributed by atoms with Crippen LogP contribution in [-0.4, -0.2) is 12.6 Å². The number of hydrogen-bond donors (Lipinski definition) is 1. The van der Waals surface area contributed by atoms with Crippen molar-refractivity contribution in [2.45, 2.75) is 174 Å². The summed E-state index contributed by atoms with van der Waals surface area (Å²) in [6.07, 6.45) is 34.0. The van der Waals surface area contributed by atoms with E-state index in [1.807, 2.05) is 0 Å². The smallest absolute Gasteiger partial charge is 0.00952 e. The first-order chi connectivity index (χ1) is 15.7. The minimum atomic E-state index is 0.619. The molecule has 0 saturated heterocycles. The van der Waals surface area contributed by atoms with E-state index >= 15 is 0 Å². The highest BCUT2D eigenvalue weighted by Crippen LogP contribution is 2.46. The summed E-state index contributed by atoms with van der Waals surface area (Å²) in [4.78, 5) is 0. The Morgan fingerprint density at radius 3 is 1.94 bits per heavy atom. The van der Waals surface area contributed by atoms with Gasteiger partial charge in [0.05, 0.1) is 0 Å². The van der Waals surface area contributed by atoms with E-state index in [1.165, 1.54) is 148 Å². The van der Waals surface area contributed by atoms with Crippen molar-refractivity contribution in [3.05, 3.63) is 0 Å². The number of fused-ring (bicyclic) bond motifs is 3. The number of nitrogens with one attached hydrogen (secondary N) is 1. The van der Waals surface area contributed by atoms with Crippen molar-refractivity contribution < 1.29 is 0 Å². The summed E-state index contributed by atoms with van der Waals surface area (Å²) in [5.74, 6) is 1.93. The maximum Gasteiger partial charge on any atom is 0.00952 e. The minimum Gasteiger partial charge on any atom is -0.314 e. The number of unbranched alkanes of at least 4 members (excludes halogenated alkanes) is 9. The van der Waals surface area contributed by atoms with E-state index in [0.29, 0.717) is 5.41 Å². The average Bonchev–Trinajstić information content (AvgIpc) is 2.78. The molecule has 2 rings (SSSR count). The van der Waals surface area contributed by atoms with Gasteiger partial charge in [-0.25, -0.2) is 0 Å². The molecule has 0 aromatic carbocycles. The second-order valence-electron chi connectivity index (χ2n) is 12.0. The van der Waals surface area contributed by atoms with Gasteiger partial charge in [-0.15, -0.1) is 0 Å². The maximum absolute atomic E-state index is 3.89. The number of rotatable bonds is 13. The molecule has 1 nitrogen and oxygen atoms in total. The lowest BCUT2D eigenvalue weighted by Gasteiger charge is -2.43. The zero-order valence-electron chi connectivity index (χ0n) is 22.7. The first-order valence-electron chi connectivity index (χ1n) is 15.4. The predicted octanol–water partition coefficient (Wildman–Crippen LogP) is 10.2. The fourth-order valence-electron chi connectivity index (χ4n) is 7.13. The molecule has 0 spiro atoms. The molecule has 4 unspecified atom stereocenters. The Kier molecular flexibility index (Phi) is 15.3. The van der Waals surface area contributed by atoms with Crippen LogP contribution in [0.15, 0.2) is 0 Å². The van der Waals surface area contributed by atoms with Crippen LogP contribution in [0.25, 0.3) is 0 Å². The summed E-state index contributed by atoms with van der Waals surface area (Å²) in [6, 6.07) is 0.799. The van der Waals surface area contributed by atoms with Gasteiger partial charge in [0.1, 0.15) is 0 Å². The third kappa shape index (κ3) is 10.9. The van der Waals surface area contributed by atoms with Crippen LogP contribution in [0, 0.1) is 17.3 Å². The first-order valence-corrected chi connectivity index (χ1v) is 15.4. The average molecular weight is 448 g/mol. The van der Waals surface area contributed by atoms with E-state index in [4.69, 9.17) is 0 Å². The largest absolute Gasteiger partial charge is 0.314 e. The molecule has 2 bridgehead atoms. The molecule has 0 radical (unpaired) electrons. The summed E-state index contributed by atoms with van der Waals surface area (Å²) < 4.78 is 0. The highest BCUT2D eigenvalue weighted by molar-refractivity contribution is 4.89. The fraction of sp³-hybridized carbons (Fsp3) is 1.00. The summed E-state index contributed by atoms with van der Waals surface area (Å²) in [7, 11) is 0. The van der Waals surface area contributed by atoms with Crippen LogP contribution >= 0.6 is 0 Å². The highest BCUT2D eigenvalue weighted by Gasteiger charge is 2.36. The van der Waals surface area contributed by atoms with Crippen molar-refractivity contribution in [3.8, 4) is 0 Å². The molecule has 0 aliphatic heterocycles. The van der Waals surface area contributed by atoms with Crippen LogP contribution < -0.4 is 5.32 Å². The van der Waals surface area contributed by atoms with Crippen LogP contribution in [-0.2, 0) is 0 Å². The van der Waals surface area contributed by atoms with Gasteiger partial charge in [0.25, 0.3) is 0 Å². The summed E-state index contributed by atoms with van der Waals surface area (Å²) in [6.45, 7) is 8.49. The SMILES string of the molecule is CCCCCCCCCCCCC1CCCCCCCC2CCC1(C)CCCC2NCC. The molecule has 190 valence electrons. The van der Waals surface area contributed by atoms with E-state index in [2.05, 4.69) is 26.1 Å². The van der Waals surface area contributed by atoms with E-state index in [9.17, 15) is 0 Å². The molecular weight excluding hydrogens is 386 g/mol. The van der Waals surface area contributed by atoms with Gasteiger partial charge in [-0.3, -0.25) is 0 Å². The molecule has 32 heavy (non-hydrogen) atoms. The maximum atomic E-state index is 3.89. The van der Waals surface area contributed by atoms with Crippen LogP contribution in [0.5, 0.6) is 0 Å². The Balaban J connectivity index is 1.80. The molecule has 1 N–H and O–H groups in total. The van der Waals surface area contributed by atoms with Crippen LogP contribution in [0.4, 0.5) is 0 Å². The molecule has 2 aliphatic rings.